The summed E-state index contributed by atoms with van der Waals surface area (Å²) in [5.74, 6) is 5.29. The van der Waals surface area contributed by atoms with Gasteiger partial charge < -0.3 is 9.84 Å². The van der Waals surface area contributed by atoms with Crippen LogP contribution in [0.15, 0.2) is 48.3 Å². The second-order valence-electron chi connectivity index (χ2n) is 5.67. The van der Waals surface area contributed by atoms with E-state index in [0.717, 1.165) is 35.7 Å². The van der Waals surface area contributed by atoms with Crippen LogP contribution in [0.25, 0.3) is 0 Å². The van der Waals surface area contributed by atoms with Gasteiger partial charge in [0.15, 0.2) is 0 Å². The fourth-order valence-corrected chi connectivity index (χ4v) is 5.16. The van der Waals surface area contributed by atoms with Crippen molar-refractivity contribution in [3.63, 3.8) is 0 Å². The van der Waals surface area contributed by atoms with Crippen molar-refractivity contribution in [2.45, 2.75) is 31.8 Å². The first-order valence-electron chi connectivity index (χ1n) is 7.78. The predicted octanol–water partition coefficient (Wildman–Crippen LogP) is 3.74. The summed E-state index contributed by atoms with van der Waals surface area (Å²) in [7, 11) is 0.432. The third-order valence-corrected chi connectivity index (χ3v) is 6.49. The molecule has 1 atom stereocenters. The number of aliphatic hydroxyl groups excluding tert-OH is 1. The molecule has 1 aliphatic carbocycles. The Balaban J connectivity index is 1.57. The number of ether oxygens (including phenoxy) is 1. The van der Waals surface area contributed by atoms with Gasteiger partial charge in [-0.1, -0.05) is 18.2 Å². The first kappa shape index (κ1) is 14.7. The summed E-state index contributed by atoms with van der Waals surface area (Å²) >= 11 is 0. The molecular weight excluding hydrogens is 280 g/mol. The van der Waals surface area contributed by atoms with Gasteiger partial charge in [0, 0.05) is 0 Å². The Morgan fingerprint density at radius 1 is 1.10 bits per heavy atom. The van der Waals surface area contributed by atoms with Gasteiger partial charge in [-0.3, -0.25) is 0 Å². The summed E-state index contributed by atoms with van der Waals surface area (Å²) in [6.07, 6.45) is 10.8. The summed E-state index contributed by atoms with van der Waals surface area (Å²) in [6.45, 7) is 0. The Morgan fingerprint density at radius 2 is 1.86 bits per heavy atom. The largest absolute Gasteiger partial charge is 0.458 e. The lowest BCUT2D eigenvalue weighted by atomic mass is 10.1. The third kappa shape index (κ3) is 4.14. The lowest BCUT2D eigenvalue weighted by Gasteiger charge is -2.12. The molecule has 0 spiro atoms. The molecule has 2 aliphatic rings. The minimum atomic E-state index is -0.325. The Bertz CT molecular complexity index is 513. The smallest absolute Gasteiger partial charge is 0.138 e. The highest BCUT2D eigenvalue weighted by molar-refractivity contribution is 7.97. The topological polar surface area (TPSA) is 29.5 Å². The fraction of sp³-hybridized carbons (Fsp3) is 0.444. The van der Waals surface area contributed by atoms with E-state index in [-0.39, 0.29) is 6.10 Å². The molecule has 0 radical (unpaired) electrons. The number of allylic oxidation sites excluding steroid dienone is 3. The zero-order valence-electron chi connectivity index (χ0n) is 12.3. The van der Waals surface area contributed by atoms with Crippen LogP contribution in [0.4, 0.5) is 0 Å². The van der Waals surface area contributed by atoms with E-state index in [1.165, 1.54) is 24.3 Å². The molecule has 1 aromatic rings. The minimum absolute atomic E-state index is 0.325. The molecule has 1 aliphatic heterocycles. The lowest BCUT2D eigenvalue weighted by molar-refractivity contribution is 0.203. The highest BCUT2D eigenvalue weighted by atomic mass is 32.2. The number of rotatable bonds is 5. The van der Waals surface area contributed by atoms with Crippen LogP contribution in [-0.2, 0) is 10.9 Å². The van der Waals surface area contributed by atoms with Crippen LogP contribution in [0.5, 0.6) is 5.75 Å². The molecule has 0 bridgehead atoms. The van der Waals surface area contributed by atoms with Crippen LogP contribution in [0.3, 0.4) is 0 Å². The first-order valence-corrected chi connectivity index (χ1v) is 9.51. The van der Waals surface area contributed by atoms with Gasteiger partial charge in [0.05, 0.1) is 0 Å². The Kier molecular flexibility index (Phi) is 5.04. The normalized spacial score (nSPS) is 20.3. The van der Waals surface area contributed by atoms with Crippen molar-refractivity contribution < 1.29 is 9.84 Å². The molecule has 1 saturated heterocycles. The van der Waals surface area contributed by atoms with Crippen molar-refractivity contribution in [2.24, 2.45) is 0 Å². The predicted molar refractivity (Wildman–Crippen MR) is 89.7 cm³/mol. The van der Waals surface area contributed by atoms with Crippen LogP contribution < -0.4 is 4.74 Å². The summed E-state index contributed by atoms with van der Waals surface area (Å²) in [6, 6.07) is 7.90. The Labute approximate surface area is 129 Å². The van der Waals surface area contributed by atoms with Gasteiger partial charge in [-0.05, 0) is 66.4 Å². The van der Waals surface area contributed by atoms with Crippen molar-refractivity contribution in [3.8, 4) is 5.75 Å². The van der Waals surface area contributed by atoms with Crippen molar-refractivity contribution >= 4 is 10.9 Å². The summed E-state index contributed by atoms with van der Waals surface area (Å²) < 4.78 is 5.82. The molecule has 0 unspecified atom stereocenters. The molecule has 3 rings (SSSR count). The van der Waals surface area contributed by atoms with E-state index in [2.05, 4.69) is 12.2 Å². The highest BCUT2D eigenvalue weighted by Gasteiger charge is 2.27. The van der Waals surface area contributed by atoms with E-state index < -0.39 is 0 Å². The first-order chi connectivity index (χ1) is 10.3. The average Bonchev–Trinajstić information content (AvgIpc) is 3.02. The second kappa shape index (κ2) is 7.19. The van der Waals surface area contributed by atoms with Gasteiger partial charge in [0.25, 0.3) is 0 Å². The molecule has 21 heavy (non-hydrogen) atoms. The highest BCUT2D eigenvalue weighted by Crippen LogP contribution is 2.24. The lowest BCUT2D eigenvalue weighted by Crippen LogP contribution is -2.16. The maximum absolute atomic E-state index is 10.3. The van der Waals surface area contributed by atoms with Crippen LogP contribution in [-0.4, -0.2) is 22.4 Å². The van der Waals surface area contributed by atoms with Crippen LogP contribution >= 0.6 is 0 Å². The Morgan fingerprint density at radius 3 is 2.52 bits per heavy atom. The van der Waals surface area contributed by atoms with E-state index in [4.69, 9.17) is 4.74 Å². The second-order valence-corrected chi connectivity index (χ2v) is 8.04. The summed E-state index contributed by atoms with van der Waals surface area (Å²) in [4.78, 5) is 0. The van der Waals surface area contributed by atoms with E-state index in [1.54, 1.807) is 0 Å². The molecular formula is C18H23O2S+. The standard InChI is InChI=1S/C18H23O2S/c19-18(14-21-12-4-5-13-21)15-8-10-17(11-9-15)20-16-6-2-1-3-7-16/h2,6-11,18-19H,1,3-5,12-14H2/q+1/t18-/m0/s1. The average molecular weight is 303 g/mol. The van der Waals surface area contributed by atoms with Crippen molar-refractivity contribution in [2.75, 3.05) is 17.3 Å². The van der Waals surface area contributed by atoms with Crippen molar-refractivity contribution in [1.29, 1.82) is 0 Å². The van der Waals surface area contributed by atoms with Gasteiger partial charge >= 0.3 is 0 Å². The van der Waals surface area contributed by atoms with E-state index >= 15 is 0 Å². The van der Waals surface area contributed by atoms with Gasteiger partial charge in [-0.25, -0.2) is 0 Å². The molecule has 1 N–H and O–H groups in total. The molecule has 0 saturated carbocycles. The number of hydrogen-bond acceptors (Lipinski definition) is 2. The van der Waals surface area contributed by atoms with Gasteiger partial charge in [-0.2, -0.15) is 0 Å². The minimum Gasteiger partial charge on any atom is -0.458 e. The molecule has 3 heteroatoms. The van der Waals surface area contributed by atoms with Gasteiger partial charge in [0.1, 0.15) is 34.9 Å². The van der Waals surface area contributed by atoms with Gasteiger partial charge in [-0.15, -0.1) is 0 Å². The molecule has 1 aromatic carbocycles. The van der Waals surface area contributed by atoms with E-state index in [1.807, 2.05) is 30.3 Å². The summed E-state index contributed by atoms with van der Waals surface area (Å²) in [5, 5.41) is 10.3. The number of benzene rings is 1. The maximum atomic E-state index is 10.3. The van der Waals surface area contributed by atoms with E-state index in [9.17, 15) is 5.11 Å². The van der Waals surface area contributed by atoms with Crippen molar-refractivity contribution in [3.05, 3.63) is 53.8 Å². The molecule has 112 valence electrons. The van der Waals surface area contributed by atoms with Crippen molar-refractivity contribution in [1.82, 2.24) is 0 Å². The summed E-state index contributed by atoms with van der Waals surface area (Å²) in [5.41, 5.74) is 1.01. The molecule has 0 amide bonds. The Hall–Kier alpha value is -1.19. The quantitative estimate of drug-likeness (QED) is 0.840. The molecule has 2 nitrogen and oxygen atoms in total. The SMILES string of the molecule is O[C@@H](C[S+]1CCCC1)c1ccc(OC2=CCCC=C2)cc1. The number of hydrogen-bond donors (Lipinski definition) is 1. The maximum Gasteiger partial charge on any atom is 0.138 e. The molecule has 1 fully saturated rings. The van der Waals surface area contributed by atoms with Crippen LogP contribution in [0.2, 0.25) is 0 Å². The van der Waals surface area contributed by atoms with Gasteiger partial charge in [0.2, 0.25) is 0 Å². The molecule has 1 heterocycles. The fourth-order valence-electron chi connectivity index (χ4n) is 2.76. The van der Waals surface area contributed by atoms with Crippen LogP contribution in [0, 0.1) is 0 Å². The third-order valence-electron chi connectivity index (χ3n) is 3.97. The van der Waals surface area contributed by atoms with Crippen LogP contribution in [0.1, 0.15) is 37.4 Å². The number of aliphatic hydroxyl groups is 1. The van der Waals surface area contributed by atoms with E-state index in [0.29, 0.717) is 10.9 Å². The zero-order chi connectivity index (χ0) is 14.5. The monoisotopic (exact) mass is 303 g/mol. The molecule has 0 aromatic heterocycles. The zero-order valence-corrected chi connectivity index (χ0v) is 13.1.